The number of rotatable bonds is 6. The standard InChI is InChI=1S/C26H28N4O3/c1-28-13-15-29(16-14-28)24-23(18-7-9-20(33-2)10-8-18)25(31)30(26(24)32)12-11-19-17-27-22-6-4-3-5-21(19)22/h3-10,17,27H,11-16H2,1-2H3. The monoisotopic (exact) mass is 444 g/mol. The number of hydrogen-bond acceptors (Lipinski definition) is 5. The second kappa shape index (κ2) is 8.75. The molecule has 3 heterocycles. The number of likely N-dealkylation sites (N-methyl/N-ethyl adjacent to an activating group) is 1. The number of aromatic amines is 1. The van der Waals surface area contributed by atoms with E-state index >= 15 is 0 Å². The fourth-order valence-electron chi connectivity index (χ4n) is 4.68. The van der Waals surface area contributed by atoms with Gasteiger partial charge in [0.2, 0.25) is 0 Å². The molecule has 0 spiro atoms. The van der Waals surface area contributed by atoms with Crippen LogP contribution in [-0.4, -0.2) is 78.4 Å². The van der Waals surface area contributed by atoms with Gasteiger partial charge < -0.3 is 19.5 Å². The maximum atomic E-state index is 13.6. The van der Waals surface area contributed by atoms with Gasteiger partial charge in [0.25, 0.3) is 11.8 Å². The van der Waals surface area contributed by atoms with Crippen molar-refractivity contribution in [3.63, 3.8) is 0 Å². The molecule has 3 aromatic rings. The van der Waals surface area contributed by atoms with Gasteiger partial charge in [0.1, 0.15) is 11.4 Å². The molecule has 0 aliphatic carbocycles. The van der Waals surface area contributed by atoms with Crippen molar-refractivity contribution in [1.29, 1.82) is 0 Å². The van der Waals surface area contributed by atoms with Crippen LogP contribution in [0.5, 0.6) is 5.75 Å². The van der Waals surface area contributed by atoms with E-state index in [0.29, 0.717) is 30.0 Å². The Balaban J connectivity index is 1.45. The van der Waals surface area contributed by atoms with Crippen LogP contribution in [0.1, 0.15) is 11.1 Å². The van der Waals surface area contributed by atoms with Gasteiger partial charge in [0.05, 0.1) is 12.7 Å². The van der Waals surface area contributed by atoms with Gasteiger partial charge in [-0.3, -0.25) is 14.5 Å². The third kappa shape index (κ3) is 3.89. The van der Waals surface area contributed by atoms with Gasteiger partial charge in [-0.15, -0.1) is 0 Å². The predicted octanol–water partition coefficient (Wildman–Crippen LogP) is 2.75. The lowest BCUT2D eigenvalue weighted by atomic mass is 10.0. The van der Waals surface area contributed by atoms with Gasteiger partial charge in [0.15, 0.2) is 0 Å². The summed E-state index contributed by atoms with van der Waals surface area (Å²) in [6, 6.07) is 15.5. The van der Waals surface area contributed by atoms with Crippen LogP contribution >= 0.6 is 0 Å². The van der Waals surface area contributed by atoms with E-state index in [4.69, 9.17) is 4.74 Å². The number of imide groups is 1. The first-order chi connectivity index (χ1) is 16.1. The van der Waals surface area contributed by atoms with Crippen molar-refractivity contribution in [1.82, 2.24) is 19.7 Å². The molecular formula is C26H28N4O3. The summed E-state index contributed by atoms with van der Waals surface area (Å²) < 4.78 is 5.27. The SMILES string of the molecule is COc1ccc(C2=C(N3CCN(C)CC3)C(=O)N(CCc3c[nH]c4ccccc34)C2=O)cc1. The van der Waals surface area contributed by atoms with Crippen molar-refractivity contribution in [2.24, 2.45) is 0 Å². The number of benzene rings is 2. The summed E-state index contributed by atoms with van der Waals surface area (Å²) in [5.74, 6) is 0.294. The number of carbonyl (C=O) groups excluding carboxylic acids is 2. The molecule has 0 unspecified atom stereocenters. The molecule has 5 rings (SSSR count). The number of carbonyl (C=O) groups is 2. The minimum atomic E-state index is -0.223. The number of aromatic nitrogens is 1. The molecule has 1 aromatic heterocycles. The van der Waals surface area contributed by atoms with E-state index in [1.165, 1.54) is 4.90 Å². The Labute approximate surface area is 193 Å². The molecule has 33 heavy (non-hydrogen) atoms. The van der Waals surface area contributed by atoms with Crippen LogP contribution in [0.4, 0.5) is 0 Å². The van der Waals surface area contributed by atoms with Crippen LogP contribution in [-0.2, 0) is 16.0 Å². The van der Waals surface area contributed by atoms with Gasteiger partial charge in [-0.1, -0.05) is 30.3 Å². The van der Waals surface area contributed by atoms with E-state index in [1.807, 2.05) is 48.7 Å². The summed E-state index contributed by atoms with van der Waals surface area (Å²) in [4.78, 5) is 36.2. The third-order valence-electron chi connectivity index (χ3n) is 6.62. The van der Waals surface area contributed by atoms with Crippen molar-refractivity contribution < 1.29 is 14.3 Å². The number of amides is 2. The zero-order valence-electron chi connectivity index (χ0n) is 19.0. The minimum absolute atomic E-state index is 0.199. The summed E-state index contributed by atoms with van der Waals surface area (Å²) in [6.07, 6.45) is 2.57. The van der Waals surface area contributed by atoms with Crippen molar-refractivity contribution in [2.75, 3.05) is 46.9 Å². The Kier molecular flexibility index (Phi) is 5.64. The van der Waals surface area contributed by atoms with Crippen molar-refractivity contribution >= 4 is 28.3 Å². The molecule has 1 saturated heterocycles. The highest BCUT2D eigenvalue weighted by molar-refractivity contribution is 6.35. The lowest BCUT2D eigenvalue weighted by molar-refractivity contribution is -0.137. The third-order valence-corrected chi connectivity index (χ3v) is 6.62. The number of nitrogens with one attached hydrogen (secondary N) is 1. The number of hydrogen-bond donors (Lipinski definition) is 1. The predicted molar refractivity (Wildman–Crippen MR) is 128 cm³/mol. The van der Waals surface area contributed by atoms with Crippen LogP contribution in [0, 0.1) is 0 Å². The molecule has 2 amide bonds. The van der Waals surface area contributed by atoms with Crippen LogP contribution in [0.15, 0.2) is 60.4 Å². The van der Waals surface area contributed by atoms with E-state index < -0.39 is 0 Å². The fourth-order valence-corrected chi connectivity index (χ4v) is 4.68. The van der Waals surface area contributed by atoms with Crippen molar-refractivity contribution in [3.05, 3.63) is 71.6 Å². The molecule has 0 atom stereocenters. The molecule has 2 aromatic carbocycles. The van der Waals surface area contributed by atoms with E-state index in [9.17, 15) is 9.59 Å². The lowest BCUT2D eigenvalue weighted by Crippen LogP contribution is -2.46. The van der Waals surface area contributed by atoms with E-state index in [0.717, 1.165) is 48.2 Å². The van der Waals surface area contributed by atoms with Crippen molar-refractivity contribution in [2.45, 2.75) is 6.42 Å². The topological polar surface area (TPSA) is 68.9 Å². The molecule has 0 radical (unpaired) electrons. The first-order valence-electron chi connectivity index (χ1n) is 11.3. The van der Waals surface area contributed by atoms with Crippen LogP contribution in [0.2, 0.25) is 0 Å². The minimum Gasteiger partial charge on any atom is -0.497 e. The second-order valence-electron chi connectivity index (χ2n) is 8.61. The number of methoxy groups -OCH3 is 1. The molecular weight excluding hydrogens is 416 g/mol. The van der Waals surface area contributed by atoms with Gasteiger partial charge in [-0.2, -0.15) is 0 Å². The quantitative estimate of drug-likeness (QED) is 0.592. The van der Waals surface area contributed by atoms with Crippen LogP contribution in [0.3, 0.4) is 0 Å². The highest BCUT2D eigenvalue weighted by Crippen LogP contribution is 2.33. The smallest absolute Gasteiger partial charge is 0.277 e. The molecule has 1 fully saturated rings. The number of nitrogens with zero attached hydrogens (tertiary/aromatic N) is 3. The zero-order valence-corrected chi connectivity index (χ0v) is 19.0. The maximum absolute atomic E-state index is 13.6. The van der Waals surface area contributed by atoms with Crippen LogP contribution < -0.4 is 4.74 Å². The number of fused-ring (bicyclic) bond motifs is 1. The number of piperazine rings is 1. The van der Waals surface area contributed by atoms with Gasteiger partial charge in [-0.05, 0) is 42.8 Å². The van der Waals surface area contributed by atoms with Gasteiger partial charge >= 0.3 is 0 Å². The summed E-state index contributed by atoms with van der Waals surface area (Å²) in [5, 5.41) is 1.12. The largest absolute Gasteiger partial charge is 0.497 e. The molecule has 0 saturated carbocycles. The van der Waals surface area contributed by atoms with Crippen LogP contribution in [0.25, 0.3) is 16.5 Å². The first-order valence-corrected chi connectivity index (χ1v) is 11.3. The average Bonchev–Trinajstić information content (AvgIpc) is 3.36. The van der Waals surface area contributed by atoms with E-state index in [-0.39, 0.29) is 11.8 Å². The highest BCUT2D eigenvalue weighted by Gasteiger charge is 2.41. The summed E-state index contributed by atoms with van der Waals surface area (Å²) in [7, 11) is 3.69. The summed E-state index contributed by atoms with van der Waals surface area (Å²) in [6.45, 7) is 3.50. The molecule has 170 valence electrons. The fraction of sp³-hybridized carbons (Fsp3) is 0.308. The zero-order chi connectivity index (χ0) is 22.9. The van der Waals surface area contributed by atoms with E-state index in [2.05, 4.69) is 27.9 Å². The highest BCUT2D eigenvalue weighted by atomic mass is 16.5. The molecule has 7 nitrogen and oxygen atoms in total. The molecule has 7 heteroatoms. The molecule has 2 aliphatic heterocycles. The Morgan fingerprint density at radius 1 is 0.939 bits per heavy atom. The van der Waals surface area contributed by atoms with Gasteiger partial charge in [-0.25, -0.2) is 0 Å². The maximum Gasteiger partial charge on any atom is 0.277 e. The Hall–Kier alpha value is -3.58. The lowest BCUT2D eigenvalue weighted by Gasteiger charge is -2.34. The Morgan fingerprint density at radius 3 is 2.39 bits per heavy atom. The number of para-hydroxylation sites is 1. The summed E-state index contributed by atoms with van der Waals surface area (Å²) >= 11 is 0. The van der Waals surface area contributed by atoms with E-state index in [1.54, 1.807) is 7.11 Å². The Morgan fingerprint density at radius 2 is 1.67 bits per heavy atom. The van der Waals surface area contributed by atoms with Gasteiger partial charge in [0, 0.05) is 49.8 Å². The number of H-pyrrole nitrogens is 1. The van der Waals surface area contributed by atoms with Crippen molar-refractivity contribution in [3.8, 4) is 5.75 Å². The molecule has 1 N–H and O–H groups in total. The number of ether oxygens (including phenoxy) is 1. The normalized spacial score (nSPS) is 17.5. The molecule has 0 bridgehead atoms. The second-order valence-corrected chi connectivity index (χ2v) is 8.61. The first kappa shape index (κ1) is 21.3. The molecule has 2 aliphatic rings. The Bertz CT molecular complexity index is 1220. The average molecular weight is 445 g/mol. The summed E-state index contributed by atoms with van der Waals surface area (Å²) in [5.41, 5.74) is 3.92.